The average Bonchev–Trinajstić information content (AvgIpc) is 2.90. The Morgan fingerprint density at radius 3 is 3.00 bits per heavy atom. The largest absolute Gasteiger partial charge is 0.494 e. The van der Waals surface area contributed by atoms with Crippen LogP contribution in [-0.2, 0) is 4.74 Å². The van der Waals surface area contributed by atoms with E-state index < -0.39 is 0 Å². The summed E-state index contributed by atoms with van der Waals surface area (Å²) < 4.78 is 25.0. The van der Waals surface area contributed by atoms with Crippen LogP contribution in [0.15, 0.2) is 18.2 Å². The van der Waals surface area contributed by atoms with Gasteiger partial charge in [0.2, 0.25) is 0 Å². The molecule has 0 saturated carbocycles. The summed E-state index contributed by atoms with van der Waals surface area (Å²) in [6.07, 6.45) is 1.89. The summed E-state index contributed by atoms with van der Waals surface area (Å²) in [5.74, 6) is 5.71. The van der Waals surface area contributed by atoms with Crippen LogP contribution in [0.4, 0.5) is 4.39 Å². The zero-order chi connectivity index (χ0) is 13.8. The van der Waals surface area contributed by atoms with Crippen LogP contribution in [0.5, 0.6) is 5.75 Å². The lowest BCUT2D eigenvalue weighted by atomic mass is 9.87. The average molecular weight is 268 g/mol. The number of benzene rings is 1. The van der Waals surface area contributed by atoms with Crippen LogP contribution in [0.1, 0.15) is 31.4 Å². The van der Waals surface area contributed by atoms with Crippen molar-refractivity contribution in [3.8, 4) is 5.75 Å². The Bertz CT molecular complexity index is 428. The zero-order valence-electron chi connectivity index (χ0n) is 11.4. The highest BCUT2D eigenvalue weighted by atomic mass is 19.1. The van der Waals surface area contributed by atoms with E-state index in [1.54, 1.807) is 18.2 Å². The number of nitrogens with two attached hydrogens (primary N) is 1. The highest BCUT2D eigenvalue weighted by molar-refractivity contribution is 5.33. The minimum Gasteiger partial charge on any atom is -0.494 e. The van der Waals surface area contributed by atoms with Crippen molar-refractivity contribution >= 4 is 0 Å². The topological polar surface area (TPSA) is 56.5 Å². The predicted molar refractivity (Wildman–Crippen MR) is 71.2 cm³/mol. The fourth-order valence-electron chi connectivity index (χ4n) is 2.84. The molecule has 5 heteroatoms. The number of hydrogen-bond acceptors (Lipinski definition) is 4. The van der Waals surface area contributed by atoms with Gasteiger partial charge in [-0.05, 0) is 18.9 Å². The Hall–Kier alpha value is -1.17. The summed E-state index contributed by atoms with van der Waals surface area (Å²) in [5.41, 5.74) is 3.28. The maximum atomic E-state index is 14.3. The molecule has 106 valence electrons. The van der Waals surface area contributed by atoms with Crippen molar-refractivity contribution in [2.24, 2.45) is 11.8 Å². The van der Waals surface area contributed by atoms with Crippen LogP contribution in [-0.4, -0.2) is 19.8 Å². The van der Waals surface area contributed by atoms with Crippen molar-refractivity contribution in [3.05, 3.63) is 29.6 Å². The maximum Gasteiger partial charge on any atom is 0.169 e. The number of methoxy groups -OCH3 is 1. The van der Waals surface area contributed by atoms with E-state index in [4.69, 9.17) is 15.3 Å². The number of halogens is 1. The first-order chi connectivity index (χ1) is 9.22. The van der Waals surface area contributed by atoms with Crippen LogP contribution in [0.3, 0.4) is 0 Å². The molecule has 1 saturated heterocycles. The number of rotatable bonds is 5. The van der Waals surface area contributed by atoms with Gasteiger partial charge in [0.1, 0.15) is 0 Å². The summed E-state index contributed by atoms with van der Waals surface area (Å²) in [4.78, 5) is 0. The van der Waals surface area contributed by atoms with Crippen LogP contribution in [0.25, 0.3) is 0 Å². The maximum absolute atomic E-state index is 14.3. The molecule has 3 N–H and O–H groups in total. The van der Waals surface area contributed by atoms with Crippen LogP contribution in [0.2, 0.25) is 0 Å². The van der Waals surface area contributed by atoms with E-state index in [1.165, 1.54) is 7.11 Å². The van der Waals surface area contributed by atoms with Gasteiger partial charge in [-0.25, -0.2) is 4.39 Å². The number of hydrogen-bond donors (Lipinski definition) is 2. The van der Waals surface area contributed by atoms with Gasteiger partial charge >= 0.3 is 0 Å². The summed E-state index contributed by atoms with van der Waals surface area (Å²) in [5, 5.41) is 0. The van der Waals surface area contributed by atoms with E-state index in [0.717, 1.165) is 12.8 Å². The van der Waals surface area contributed by atoms with Crippen molar-refractivity contribution in [3.63, 3.8) is 0 Å². The fourth-order valence-corrected chi connectivity index (χ4v) is 2.84. The molecular formula is C14H21FN2O2. The molecule has 1 heterocycles. The van der Waals surface area contributed by atoms with Crippen LogP contribution in [0, 0.1) is 11.7 Å². The zero-order valence-corrected chi connectivity index (χ0v) is 11.4. The summed E-state index contributed by atoms with van der Waals surface area (Å²) in [6.45, 7) is 2.77. The molecule has 1 fully saturated rings. The quantitative estimate of drug-likeness (QED) is 0.634. The highest BCUT2D eigenvalue weighted by Gasteiger charge is 2.35. The first kappa shape index (κ1) is 14.2. The van der Waals surface area contributed by atoms with Gasteiger partial charge in [0.05, 0.1) is 19.3 Å². The van der Waals surface area contributed by atoms with Crippen LogP contribution < -0.4 is 16.0 Å². The highest BCUT2D eigenvalue weighted by Crippen LogP contribution is 2.36. The molecule has 0 aromatic heterocycles. The van der Waals surface area contributed by atoms with Gasteiger partial charge in [-0.2, -0.15) is 0 Å². The van der Waals surface area contributed by atoms with Crippen molar-refractivity contribution in [2.45, 2.75) is 31.9 Å². The first-order valence-corrected chi connectivity index (χ1v) is 6.63. The van der Waals surface area contributed by atoms with E-state index in [-0.39, 0.29) is 29.6 Å². The second-order valence-electron chi connectivity index (χ2n) is 4.78. The summed E-state index contributed by atoms with van der Waals surface area (Å²) >= 11 is 0. The SMILES string of the molecule is CCC1OCCC1C(NN)c1cccc(OC)c1F. The van der Waals surface area contributed by atoms with Gasteiger partial charge in [0.15, 0.2) is 11.6 Å². The van der Waals surface area contributed by atoms with Gasteiger partial charge in [-0.3, -0.25) is 11.3 Å². The normalized spacial score (nSPS) is 24.4. The second-order valence-corrected chi connectivity index (χ2v) is 4.78. The Kier molecular flexibility index (Phi) is 4.74. The third-order valence-corrected chi connectivity index (χ3v) is 3.82. The second kappa shape index (κ2) is 6.32. The number of nitrogens with one attached hydrogen (secondary N) is 1. The lowest BCUT2D eigenvalue weighted by molar-refractivity contribution is 0.0769. The lowest BCUT2D eigenvalue weighted by Crippen LogP contribution is -2.37. The molecule has 3 atom stereocenters. The Morgan fingerprint density at radius 1 is 1.58 bits per heavy atom. The standard InChI is InChI=1S/C14H21FN2O2/c1-3-11-9(7-8-19-11)14(17-16)10-5-4-6-12(18-2)13(10)15/h4-6,9,11,14,17H,3,7-8,16H2,1-2H3. The van der Waals surface area contributed by atoms with Crippen molar-refractivity contribution in [1.82, 2.24) is 5.43 Å². The molecule has 1 aliphatic rings. The third kappa shape index (κ3) is 2.73. The molecule has 19 heavy (non-hydrogen) atoms. The van der Waals surface area contributed by atoms with E-state index in [0.29, 0.717) is 12.2 Å². The van der Waals surface area contributed by atoms with E-state index in [9.17, 15) is 4.39 Å². The summed E-state index contributed by atoms with van der Waals surface area (Å²) in [7, 11) is 1.46. The minimum atomic E-state index is -0.352. The molecule has 1 aromatic carbocycles. The molecule has 0 amide bonds. The Morgan fingerprint density at radius 2 is 2.37 bits per heavy atom. The molecule has 2 rings (SSSR count). The van der Waals surface area contributed by atoms with E-state index in [1.807, 2.05) is 0 Å². The van der Waals surface area contributed by atoms with Crippen molar-refractivity contribution in [1.29, 1.82) is 0 Å². The van der Waals surface area contributed by atoms with Gasteiger partial charge in [0.25, 0.3) is 0 Å². The lowest BCUT2D eigenvalue weighted by Gasteiger charge is -2.27. The minimum absolute atomic E-state index is 0.117. The third-order valence-electron chi connectivity index (χ3n) is 3.82. The smallest absolute Gasteiger partial charge is 0.169 e. The molecule has 0 bridgehead atoms. The first-order valence-electron chi connectivity index (χ1n) is 6.63. The van der Waals surface area contributed by atoms with Gasteiger partial charge in [-0.1, -0.05) is 19.1 Å². The molecule has 1 aromatic rings. The predicted octanol–water partition coefficient (Wildman–Crippen LogP) is 2.15. The fraction of sp³-hybridized carbons (Fsp3) is 0.571. The monoisotopic (exact) mass is 268 g/mol. The molecular weight excluding hydrogens is 247 g/mol. The molecule has 0 spiro atoms. The Labute approximate surface area is 113 Å². The van der Waals surface area contributed by atoms with Crippen molar-refractivity contribution < 1.29 is 13.9 Å². The van der Waals surface area contributed by atoms with Gasteiger partial charge < -0.3 is 9.47 Å². The number of hydrazine groups is 1. The van der Waals surface area contributed by atoms with Crippen molar-refractivity contribution in [2.75, 3.05) is 13.7 Å². The molecule has 4 nitrogen and oxygen atoms in total. The van der Waals surface area contributed by atoms with E-state index >= 15 is 0 Å². The molecule has 0 radical (unpaired) electrons. The molecule has 0 aliphatic carbocycles. The summed E-state index contributed by atoms with van der Waals surface area (Å²) in [6, 6.07) is 4.86. The molecule has 3 unspecified atom stereocenters. The van der Waals surface area contributed by atoms with Crippen LogP contribution >= 0.6 is 0 Å². The van der Waals surface area contributed by atoms with E-state index in [2.05, 4.69) is 12.3 Å². The number of ether oxygens (including phenoxy) is 2. The van der Waals surface area contributed by atoms with Gasteiger partial charge in [0, 0.05) is 18.1 Å². The molecule has 1 aliphatic heterocycles. The Balaban J connectivity index is 2.31. The van der Waals surface area contributed by atoms with Gasteiger partial charge in [-0.15, -0.1) is 0 Å².